The quantitative estimate of drug-likeness (QED) is 0.887. The van der Waals surface area contributed by atoms with Crippen molar-refractivity contribution >= 4 is 11.4 Å². The molecule has 2 aliphatic heterocycles. The van der Waals surface area contributed by atoms with Gasteiger partial charge in [-0.1, -0.05) is 12.8 Å². The van der Waals surface area contributed by atoms with Crippen molar-refractivity contribution in [3.8, 4) is 5.75 Å². The lowest BCUT2D eigenvalue weighted by Gasteiger charge is -2.36. The Morgan fingerprint density at radius 1 is 1.33 bits per heavy atom. The third-order valence-corrected chi connectivity index (χ3v) is 6.04. The number of ether oxygens (including phenoxy) is 1. The molecule has 3 aliphatic rings. The van der Waals surface area contributed by atoms with Crippen LogP contribution in [0.25, 0.3) is 0 Å². The molecule has 2 fully saturated rings. The fourth-order valence-electron chi connectivity index (χ4n) is 4.63. The third-order valence-electron chi connectivity index (χ3n) is 6.04. The number of nitrogens with zero attached hydrogens (tertiary/aromatic N) is 1. The minimum atomic E-state index is -0.184. The lowest BCUT2D eigenvalue weighted by atomic mass is 9.88. The lowest BCUT2D eigenvalue weighted by molar-refractivity contribution is 0.0813. The van der Waals surface area contributed by atoms with Gasteiger partial charge in [-0.15, -0.1) is 0 Å². The van der Waals surface area contributed by atoms with Gasteiger partial charge in [-0.25, -0.2) is 0 Å². The van der Waals surface area contributed by atoms with Crippen LogP contribution in [0, 0.1) is 18.3 Å². The number of hydrogen-bond acceptors (Lipinski definition) is 4. The molecule has 1 aliphatic carbocycles. The van der Waals surface area contributed by atoms with Crippen molar-refractivity contribution in [3.63, 3.8) is 0 Å². The highest BCUT2D eigenvalue weighted by atomic mass is 16.5. The van der Waals surface area contributed by atoms with Crippen LogP contribution in [0.1, 0.15) is 49.7 Å². The molecule has 0 bridgehead atoms. The summed E-state index contributed by atoms with van der Waals surface area (Å²) in [6, 6.07) is 4.29. The van der Waals surface area contributed by atoms with Crippen molar-refractivity contribution in [1.82, 2.24) is 4.90 Å². The maximum Gasteiger partial charge on any atom is 0.131 e. The average molecular weight is 327 g/mol. The van der Waals surface area contributed by atoms with Crippen molar-refractivity contribution < 1.29 is 4.74 Å². The molecule has 1 atom stereocenters. The first kappa shape index (κ1) is 15.9. The molecular weight excluding hydrogens is 298 g/mol. The zero-order valence-electron chi connectivity index (χ0n) is 15.0. The average Bonchev–Trinajstić information content (AvgIpc) is 3.17. The largest absolute Gasteiger partial charge is 0.485 e. The molecule has 130 valence electrons. The number of nitrogens with one attached hydrogen (secondary N) is 2. The van der Waals surface area contributed by atoms with Gasteiger partial charge < -0.3 is 20.4 Å². The fourth-order valence-corrected chi connectivity index (χ4v) is 4.63. The van der Waals surface area contributed by atoms with Gasteiger partial charge in [0, 0.05) is 55.5 Å². The summed E-state index contributed by atoms with van der Waals surface area (Å²) in [4.78, 5) is 2.31. The first-order valence-electron chi connectivity index (χ1n) is 9.39. The van der Waals surface area contributed by atoms with E-state index in [4.69, 9.17) is 10.1 Å². The number of likely N-dealkylation sites (N-methyl/N-ethyl adjacent to an activating group) is 1. The number of aryl methyl sites for hydroxylation is 1. The number of benzene rings is 1. The molecule has 1 aromatic carbocycles. The van der Waals surface area contributed by atoms with E-state index in [9.17, 15) is 0 Å². The Labute approximate surface area is 145 Å². The van der Waals surface area contributed by atoms with Crippen molar-refractivity contribution in [1.29, 1.82) is 5.41 Å². The molecule has 2 heterocycles. The summed E-state index contributed by atoms with van der Waals surface area (Å²) in [6.45, 7) is 5.18. The third kappa shape index (κ3) is 2.92. The van der Waals surface area contributed by atoms with E-state index >= 15 is 0 Å². The van der Waals surface area contributed by atoms with Gasteiger partial charge in [0.2, 0.25) is 0 Å². The molecule has 4 nitrogen and oxygen atoms in total. The molecule has 24 heavy (non-hydrogen) atoms. The summed E-state index contributed by atoms with van der Waals surface area (Å²) in [7, 11) is 2.14. The molecule has 2 N–H and O–H groups in total. The number of likely N-dealkylation sites (tertiary alicyclic amines) is 1. The van der Waals surface area contributed by atoms with E-state index in [0.29, 0.717) is 0 Å². The Morgan fingerprint density at radius 3 is 2.83 bits per heavy atom. The van der Waals surface area contributed by atoms with E-state index in [-0.39, 0.29) is 5.60 Å². The zero-order valence-corrected chi connectivity index (χ0v) is 15.0. The number of rotatable bonds is 3. The Bertz CT molecular complexity index is 651. The van der Waals surface area contributed by atoms with Gasteiger partial charge in [-0.05, 0) is 44.4 Å². The maximum absolute atomic E-state index is 8.51. The highest BCUT2D eigenvalue weighted by Gasteiger charge is 2.43. The second-order valence-corrected chi connectivity index (χ2v) is 8.12. The monoisotopic (exact) mass is 327 g/mol. The molecule has 0 radical (unpaired) electrons. The van der Waals surface area contributed by atoms with Crippen LogP contribution in [0.3, 0.4) is 0 Å². The Balaban J connectivity index is 1.56. The maximum atomic E-state index is 8.51. The topological polar surface area (TPSA) is 48.4 Å². The molecule has 1 unspecified atom stereocenters. The first-order chi connectivity index (χ1) is 11.5. The van der Waals surface area contributed by atoms with Crippen LogP contribution in [0.2, 0.25) is 0 Å². The second kappa shape index (κ2) is 6.07. The predicted octanol–water partition coefficient (Wildman–Crippen LogP) is 3.82. The number of fused-ring (bicyclic) bond motifs is 1. The smallest absolute Gasteiger partial charge is 0.131 e. The first-order valence-corrected chi connectivity index (χ1v) is 9.39. The van der Waals surface area contributed by atoms with Gasteiger partial charge in [-0.3, -0.25) is 0 Å². The second-order valence-electron chi connectivity index (χ2n) is 8.12. The summed E-state index contributed by atoms with van der Waals surface area (Å²) in [5, 5.41) is 12.2. The van der Waals surface area contributed by atoms with E-state index in [1.54, 1.807) is 0 Å². The fraction of sp³-hybridized carbons (Fsp3) is 0.650. The van der Waals surface area contributed by atoms with E-state index in [2.05, 4.69) is 36.3 Å². The van der Waals surface area contributed by atoms with Gasteiger partial charge >= 0.3 is 0 Å². The number of hydrogen-bond donors (Lipinski definition) is 2. The van der Waals surface area contributed by atoms with Crippen molar-refractivity contribution in [2.45, 2.75) is 51.0 Å². The van der Waals surface area contributed by atoms with Gasteiger partial charge in [0.05, 0.1) is 0 Å². The SMILES string of the molecule is Cc1cc2c(cc1NCC1CCCC1)OC1(CCN(C)C1)CC2=N. The molecular formula is C20H29N3O. The van der Waals surface area contributed by atoms with E-state index < -0.39 is 0 Å². The highest BCUT2D eigenvalue weighted by molar-refractivity contribution is 6.03. The van der Waals surface area contributed by atoms with Gasteiger partial charge in [0.1, 0.15) is 11.4 Å². The molecule has 0 aromatic heterocycles. The van der Waals surface area contributed by atoms with Crippen LogP contribution in [-0.4, -0.2) is 42.9 Å². The highest BCUT2D eigenvalue weighted by Crippen LogP contribution is 2.40. The van der Waals surface area contributed by atoms with Crippen molar-refractivity contribution in [3.05, 3.63) is 23.3 Å². The van der Waals surface area contributed by atoms with E-state index in [1.807, 2.05) is 0 Å². The van der Waals surface area contributed by atoms with Crippen LogP contribution in [0.5, 0.6) is 5.75 Å². The molecule has 1 spiro atoms. The summed E-state index contributed by atoms with van der Waals surface area (Å²) >= 11 is 0. The summed E-state index contributed by atoms with van der Waals surface area (Å²) in [5.41, 5.74) is 3.93. The normalized spacial score (nSPS) is 27.5. The van der Waals surface area contributed by atoms with Crippen LogP contribution in [0.4, 0.5) is 5.69 Å². The standard InChI is InChI=1S/C20H29N3O/c1-14-9-16-17(21)11-20(7-8-23(2)13-20)24-19(16)10-18(14)22-12-15-5-3-4-6-15/h9-10,15,21-22H,3-8,11-13H2,1-2H3. The summed E-state index contributed by atoms with van der Waals surface area (Å²) in [5.74, 6) is 1.72. The molecule has 1 saturated carbocycles. The molecule has 1 aromatic rings. The zero-order chi connectivity index (χ0) is 16.7. The predicted molar refractivity (Wildman–Crippen MR) is 98.5 cm³/mol. The van der Waals surface area contributed by atoms with Gasteiger partial charge in [0.25, 0.3) is 0 Å². The van der Waals surface area contributed by atoms with Crippen LogP contribution >= 0.6 is 0 Å². The lowest BCUT2D eigenvalue weighted by Crippen LogP contribution is -2.44. The van der Waals surface area contributed by atoms with Crippen LogP contribution in [0.15, 0.2) is 12.1 Å². The van der Waals surface area contributed by atoms with Gasteiger partial charge in [-0.2, -0.15) is 0 Å². The van der Waals surface area contributed by atoms with E-state index in [0.717, 1.165) is 55.4 Å². The Morgan fingerprint density at radius 2 is 2.12 bits per heavy atom. The minimum Gasteiger partial charge on any atom is -0.485 e. The molecule has 4 rings (SSSR count). The van der Waals surface area contributed by atoms with Gasteiger partial charge in [0.15, 0.2) is 0 Å². The van der Waals surface area contributed by atoms with Crippen LogP contribution in [-0.2, 0) is 0 Å². The minimum absolute atomic E-state index is 0.184. The van der Waals surface area contributed by atoms with E-state index in [1.165, 1.54) is 36.9 Å². The summed E-state index contributed by atoms with van der Waals surface area (Å²) in [6.07, 6.45) is 7.22. The van der Waals surface area contributed by atoms with Crippen molar-refractivity contribution in [2.75, 3.05) is 32.0 Å². The summed E-state index contributed by atoms with van der Waals surface area (Å²) < 4.78 is 6.47. The van der Waals surface area contributed by atoms with Crippen LogP contribution < -0.4 is 10.1 Å². The Hall–Kier alpha value is -1.55. The molecule has 0 amide bonds. The molecule has 1 saturated heterocycles. The Kier molecular flexibility index (Phi) is 4.03. The molecule has 4 heteroatoms. The number of anilines is 1. The van der Waals surface area contributed by atoms with Crippen molar-refractivity contribution in [2.24, 2.45) is 5.92 Å².